The molecule has 0 aliphatic carbocycles. The zero-order valence-corrected chi connectivity index (χ0v) is 18.4. The lowest BCUT2D eigenvalue weighted by Gasteiger charge is -2.32. The molecule has 2 N–H and O–H groups in total. The van der Waals surface area contributed by atoms with E-state index in [1.807, 2.05) is 6.92 Å². The molecule has 0 radical (unpaired) electrons. The summed E-state index contributed by atoms with van der Waals surface area (Å²) in [6.45, 7) is 8.97. The highest BCUT2D eigenvalue weighted by molar-refractivity contribution is 7.89. The van der Waals surface area contributed by atoms with Gasteiger partial charge in [0.1, 0.15) is 0 Å². The highest BCUT2D eigenvalue weighted by atomic mass is 32.2. The van der Waals surface area contributed by atoms with Crippen LogP contribution in [0.1, 0.15) is 44.9 Å². The van der Waals surface area contributed by atoms with E-state index in [1.54, 1.807) is 15.6 Å². The second kappa shape index (κ2) is 11.0. The van der Waals surface area contributed by atoms with Crippen LogP contribution in [0.15, 0.2) is 22.5 Å². The molecule has 0 saturated carbocycles. The van der Waals surface area contributed by atoms with Gasteiger partial charge in [0.2, 0.25) is 10.0 Å². The molecule has 154 valence electrons. The Bertz CT molecular complexity index is 666. The Morgan fingerprint density at radius 1 is 1.37 bits per heavy atom. The fraction of sp³-hybridized carbons (Fsp3) is 0.737. The number of hydrogen-bond acceptors (Lipinski definition) is 4. The molecule has 27 heavy (non-hydrogen) atoms. The minimum absolute atomic E-state index is 0.247. The van der Waals surface area contributed by atoms with Gasteiger partial charge in [-0.05, 0) is 50.0 Å². The van der Waals surface area contributed by atoms with Crippen molar-refractivity contribution in [3.63, 3.8) is 0 Å². The third-order valence-electron chi connectivity index (χ3n) is 4.69. The van der Waals surface area contributed by atoms with Crippen molar-refractivity contribution in [3.05, 3.63) is 22.4 Å². The highest BCUT2D eigenvalue weighted by Crippen LogP contribution is 2.16. The van der Waals surface area contributed by atoms with E-state index < -0.39 is 10.0 Å². The summed E-state index contributed by atoms with van der Waals surface area (Å²) in [7, 11) is -3.08. The van der Waals surface area contributed by atoms with Gasteiger partial charge in [-0.3, -0.25) is 4.99 Å². The molecule has 1 fully saturated rings. The predicted octanol–water partition coefficient (Wildman–Crippen LogP) is 2.69. The number of rotatable bonds is 9. The number of nitrogens with zero attached hydrogens (tertiary/aromatic N) is 2. The van der Waals surface area contributed by atoms with E-state index in [2.05, 4.69) is 42.0 Å². The maximum absolute atomic E-state index is 12.2. The first-order valence-electron chi connectivity index (χ1n) is 9.99. The number of thiophene rings is 1. The van der Waals surface area contributed by atoms with Gasteiger partial charge in [0.15, 0.2) is 5.96 Å². The van der Waals surface area contributed by atoms with Crippen LogP contribution in [0, 0.1) is 5.92 Å². The summed E-state index contributed by atoms with van der Waals surface area (Å²) in [5.74, 6) is 1.57. The van der Waals surface area contributed by atoms with Crippen LogP contribution < -0.4 is 10.6 Å². The minimum Gasteiger partial charge on any atom is -0.357 e. The summed E-state index contributed by atoms with van der Waals surface area (Å²) < 4.78 is 26.0. The molecular formula is C19H34N4O2S2. The number of hydrogen-bond donors (Lipinski definition) is 2. The van der Waals surface area contributed by atoms with E-state index in [9.17, 15) is 8.42 Å². The Morgan fingerprint density at radius 3 is 2.70 bits per heavy atom. The molecule has 6 nitrogen and oxygen atoms in total. The number of piperidine rings is 1. The van der Waals surface area contributed by atoms with Crippen molar-refractivity contribution < 1.29 is 8.42 Å². The minimum atomic E-state index is -3.08. The van der Waals surface area contributed by atoms with Gasteiger partial charge < -0.3 is 10.6 Å². The van der Waals surface area contributed by atoms with Gasteiger partial charge in [0, 0.05) is 37.1 Å². The summed E-state index contributed by atoms with van der Waals surface area (Å²) in [4.78, 5) is 6.15. The molecule has 8 heteroatoms. The topological polar surface area (TPSA) is 73.8 Å². The van der Waals surface area contributed by atoms with Gasteiger partial charge in [0.05, 0.1) is 5.75 Å². The number of nitrogens with one attached hydrogen (secondary N) is 2. The lowest BCUT2D eigenvalue weighted by Crippen LogP contribution is -2.50. The fourth-order valence-electron chi connectivity index (χ4n) is 3.26. The van der Waals surface area contributed by atoms with Crippen molar-refractivity contribution in [2.45, 2.75) is 52.5 Å². The fourth-order valence-corrected chi connectivity index (χ4v) is 5.67. The van der Waals surface area contributed by atoms with Crippen molar-refractivity contribution >= 4 is 27.3 Å². The summed E-state index contributed by atoms with van der Waals surface area (Å²) in [6, 6.07) is 4.53. The quantitative estimate of drug-likeness (QED) is 0.481. The molecule has 1 unspecified atom stereocenters. The molecule has 1 saturated heterocycles. The Balaban J connectivity index is 1.83. The van der Waals surface area contributed by atoms with Crippen LogP contribution in [0.4, 0.5) is 0 Å². The molecule has 2 heterocycles. The number of guanidine groups is 1. The van der Waals surface area contributed by atoms with Crippen LogP contribution >= 0.6 is 11.3 Å². The van der Waals surface area contributed by atoms with Crippen molar-refractivity contribution in [2.24, 2.45) is 10.9 Å². The first-order chi connectivity index (χ1) is 12.9. The second-order valence-electron chi connectivity index (χ2n) is 7.24. The molecule has 0 amide bonds. The molecule has 0 aromatic carbocycles. The lowest BCUT2D eigenvalue weighted by atomic mass is 10.1. The molecule has 1 atom stereocenters. The monoisotopic (exact) mass is 414 g/mol. The van der Waals surface area contributed by atoms with Crippen molar-refractivity contribution in [1.29, 1.82) is 0 Å². The smallest absolute Gasteiger partial charge is 0.214 e. The van der Waals surface area contributed by atoms with Crippen LogP contribution in [0.25, 0.3) is 0 Å². The first-order valence-corrected chi connectivity index (χ1v) is 12.5. The van der Waals surface area contributed by atoms with Crippen LogP contribution in [-0.4, -0.2) is 56.7 Å². The normalized spacial score (nSPS) is 18.4. The van der Waals surface area contributed by atoms with Gasteiger partial charge in [-0.25, -0.2) is 12.7 Å². The third kappa shape index (κ3) is 7.43. The van der Waals surface area contributed by atoms with Gasteiger partial charge in [-0.2, -0.15) is 0 Å². The molecule has 0 spiro atoms. The van der Waals surface area contributed by atoms with Crippen LogP contribution in [0.2, 0.25) is 0 Å². The molecule has 0 bridgehead atoms. The van der Waals surface area contributed by atoms with Crippen LogP contribution in [-0.2, 0) is 16.4 Å². The Hall–Kier alpha value is -1.12. The maximum atomic E-state index is 12.2. The molecule has 1 aliphatic rings. The van der Waals surface area contributed by atoms with Gasteiger partial charge >= 0.3 is 0 Å². The lowest BCUT2D eigenvalue weighted by molar-refractivity contribution is 0.306. The highest BCUT2D eigenvalue weighted by Gasteiger charge is 2.27. The standard InChI is InChI=1S/C19H34N4O2S2/c1-4-13-27(24,25)23-10-8-17(9-11-23)22-19(20-5-2)21-15-16(3)14-18-7-6-12-26-18/h6-7,12,16-17H,4-5,8-11,13-15H2,1-3H3,(H2,20,21,22). The summed E-state index contributed by atoms with van der Waals surface area (Å²) in [6.07, 6.45) is 3.35. The van der Waals surface area contributed by atoms with Crippen molar-refractivity contribution in [1.82, 2.24) is 14.9 Å². The second-order valence-corrected chi connectivity index (χ2v) is 10.4. The zero-order chi connectivity index (χ0) is 19.7. The van der Waals surface area contributed by atoms with E-state index >= 15 is 0 Å². The van der Waals surface area contributed by atoms with Crippen LogP contribution in [0.5, 0.6) is 0 Å². The molecule has 2 rings (SSSR count). The summed E-state index contributed by atoms with van der Waals surface area (Å²) in [5, 5.41) is 8.93. The van der Waals surface area contributed by atoms with Gasteiger partial charge in [-0.1, -0.05) is 19.9 Å². The molecule has 1 aromatic rings. The van der Waals surface area contributed by atoms with Gasteiger partial charge in [0.25, 0.3) is 0 Å². The maximum Gasteiger partial charge on any atom is 0.214 e. The van der Waals surface area contributed by atoms with Crippen molar-refractivity contribution in [2.75, 3.05) is 31.9 Å². The van der Waals surface area contributed by atoms with E-state index in [1.165, 1.54) is 4.88 Å². The molecule has 1 aromatic heterocycles. The van der Waals surface area contributed by atoms with E-state index in [0.29, 0.717) is 25.4 Å². The Kier molecular flexibility index (Phi) is 9.05. The molecule has 1 aliphatic heterocycles. The van der Waals surface area contributed by atoms with Crippen molar-refractivity contribution in [3.8, 4) is 0 Å². The predicted molar refractivity (Wildman–Crippen MR) is 115 cm³/mol. The van der Waals surface area contributed by atoms with E-state index in [4.69, 9.17) is 4.99 Å². The van der Waals surface area contributed by atoms with Gasteiger partial charge in [-0.15, -0.1) is 11.3 Å². The van der Waals surface area contributed by atoms with E-state index in [0.717, 1.165) is 38.3 Å². The first kappa shape index (κ1) is 22.2. The zero-order valence-electron chi connectivity index (χ0n) is 16.8. The Morgan fingerprint density at radius 2 is 2.11 bits per heavy atom. The summed E-state index contributed by atoms with van der Waals surface area (Å²) >= 11 is 1.80. The SMILES string of the molecule is CCCS(=O)(=O)N1CCC(NC(=NCC(C)Cc2cccs2)NCC)CC1. The number of aliphatic imine (C=N–C) groups is 1. The summed E-state index contributed by atoms with van der Waals surface area (Å²) in [5.41, 5.74) is 0. The third-order valence-corrected chi connectivity index (χ3v) is 7.66. The average molecular weight is 415 g/mol. The van der Waals surface area contributed by atoms with E-state index in [-0.39, 0.29) is 11.8 Å². The number of sulfonamides is 1. The largest absolute Gasteiger partial charge is 0.357 e. The molecular weight excluding hydrogens is 380 g/mol. The van der Waals surface area contributed by atoms with Crippen LogP contribution in [0.3, 0.4) is 0 Å². The average Bonchev–Trinajstić information content (AvgIpc) is 3.13. The Labute approximate surface area is 168 Å².